The maximum absolute atomic E-state index is 11.9. The standard InChI is InChI=1S/C14H15NO2S/c1-8(2)11-13(16)18-14(17)12(15-11)10-6-4-5-9(3)7-10/h4-7,12,15H,1-3H3. The molecule has 1 fully saturated rings. The zero-order chi connectivity index (χ0) is 13.3. The summed E-state index contributed by atoms with van der Waals surface area (Å²) in [6.45, 7) is 5.71. The van der Waals surface area contributed by atoms with Crippen molar-refractivity contribution in [3.63, 3.8) is 0 Å². The molecule has 1 aromatic carbocycles. The van der Waals surface area contributed by atoms with Gasteiger partial charge in [0.05, 0.1) is 5.70 Å². The molecule has 0 bridgehead atoms. The second-order valence-corrected chi connectivity index (χ2v) is 5.55. The summed E-state index contributed by atoms with van der Waals surface area (Å²) in [4.78, 5) is 23.7. The van der Waals surface area contributed by atoms with Crippen molar-refractivity contribution in [2.75, 3.05) is 0 Å². The van der Waals surface area contributed by atoms with Crippen molar-refractivity contribution in [2.45, 2.75) is 26.8 Å². The molecule has 1 unspecified atom stereocenters. The van der Waals surface area contributed by atoms with Gasteiger partial charge in [0.15, 0.2) is 0 Å². The average Bonchev–Trinajstić information content (AvgIpc) is 2.28. The van der Waals surface area contributed by atoms with E-state index in [9.17, 15) is 9.59 Å². The lowest BCUT2D eigenvalue weighted by molar-refractivity contribution is -0.115. The van der Waals surface area contributed by atoms with Crippen LogP contribution < -0.4 is 5.32 Å². The number of hydrogen-bond donors (Lipinski definition) is 1. The van der Waals surface area contributed by atoms with Crippen molar-refractivity contribution < 1.29 is 9.59 Å². The Bertz CT molecular complexity index is 544. The van der Waals surface area contributed by atoms with Gasteiger partial charge in [-0.3, -0.25) is 9.59 Å². The molecular formula is C14H15NO2S. The quantitative estimate of drug-likeness (QED) is 0.790. The van der Waals surface area contributed by atoms with Gasteiger partial charge in [-0.25, -0.2) is 0 Å². The Morgan fingerprint density at radius 1 is 1.28 bits per heavy atom. The lowest BCUT2D eigenvalue weighted by atomic mass is 10.0. The van der Waals surface area contributed by atoms with Gasteiger partial charge in [0.2, 0.25) is 10.2 Å². The Balaban J connectivity index is 2.37. The SMILES string of the molecule is CC(C)=C1NC(c2cccc(C)c2)C(=O)SC1=O. The van der Waals surface area contributed by atoms with Gasteiger partial charge in [0.25, 0.3) is 0 Å². The molecule has 1 aliphatic heterocycles. The minimum Gasteiger partial charge on any atom is -0.367 e. The highest BCUT2D eigenvalue weighted by atomic mass is 32.2. The molecule has 0 aromatic heterocycles. The Kier molecular flexibility index (Phi) is 3.57. The van der Waals surface area contributed by atoms with Crippen LogP contribution in [-0.2, 0) is 9.59 Å². The molecule has 0 radical (unpaired) electrons. The maximum Gasteiger partial charge on any atom is 0.242 e. The number of rotatable bonds is 1. The molecule has 3 nitrogen and oxygen atoms in total. The first kappa shape index (κ1) is 12.9. The van der Waals surface area contributed by atoms with Crippen LogP contribution in [0.15, 0.2) is 35.5 Å². The third kappa shape index (κ3) is 2.48. The monoisotopic (exact) mass is 261 g/mol. The fourth-order valence-corrected chi connectivity index (χ4v) is 2.74. The molecule has 1 aliphatic rings. The summed E-state index contributed by atoms with van der Waals surface area (Å²) in [6.07, 6.45) is 0. The van der Waals surface area contributed by atoms with Crippen LogP contribution in [0.1, 0.15) is 31.0 Å². The maximum atomic E-state index is 11.9. The molecule has 0 spiro atoms. The molecule has 0 saturated carbocycles. The highest BCUT2D eigenvalue weighted by Gasteiger charge is 2.32. The molecule has 1 aromatic rings. The first-order valence-corrected chi connectivity index (χ1v) is 6.57. The van der Waals surface area contributed by atoms with Gasteiger partial charge in [-0.2, -0.15) is 0 Å². The highest BCUT2D eigenvalue weighted by molar-refractivity contribution is 8.26. The number of carbonyl (C=O) groups is 2. The topological polar surface area (TPSA) is 46.2 Å². The number of hydrogen-bond acceptors (Lipinski definition) is 4. The third-order valence-electron chi connectivity index (χ3n) is 2.80. The van der Waals surface area contributed by atoms with E-state index in [1.54, 1.807) is 0 Å². The summed E-state index contributed by atoms with van der Waals surface area (Å²) >= 11 is 0.788. The van der Waals surface area contributed by atoms with Gasteiger partial charge in [-0.05, 0) is 43.7 Å². The molecule has 1 heterocycles. The predicted octanol–water partition coefficient (Wildman–Crippen LogP) is 2.72. The van der Waals surface area contributed by atoms with E-state index in [0.29, 0.717) is 5.70 Å². The zero-order valence-electron chi connectivity index (χ0n) is 10.6. The van der Waals surface area contributed by atoms with Crippen LogP contribution in [0.2, 0.25) is 0 Å². The van der Waals surface area contributed by atoms with E-state index in [0.717, 1.165) is 28.5 Å². The summed E-state index contributed by atoms with van der Waals surface area (Å²) in [5.41, 5.74) is 3.45. The number of benzene rings is 1. The fraction of sp³-hybridized carbons (Fsp3) is 0.286. The number of thioether (sulfide) groups is 1. The molecule has 94 valence electrons. The lowest BCUT2D eigenvalue weighted by Crippen LogP contribution is -2.35. The van der Waals surface area contributed by atoms with E-state index >= 15 is 0 Å². The van der Waals surface area contributed by atoms with E-state index in [4.69, 9.17) is 0 Å². The van der Waals surface area contributed by atoms with Crippen molar-refractivity contribution in [3.05, 3.63) is 46.7 Å². The van der Waals surface area contributed by atoms with Crippen LogP contribution in [0, 0.1) is 6.92 Å². The van der Waals surface area contributed by atoms with Gasteiger partial charge in [0, 0.05) is 0 Å². The first-order valence-electron chi connectivity index (χ1n) is 5.75. The number of aryl methyl sites for hydroxylation is 1. The van der Waals surface area contributed by atoms with Crippen molar-refractivity contribution >= 4 is 22.0 Å². The Morgan fingerprint density at radius 2 is 2.00 bits per heavy atom. The molecule has 1 N–H and O–H groups in total. The Hall–Kier alpha value is -1.55. The molecule has 18 heavy (non-hydrogen) atoms. The summed E-state index contributed by atoms with van der Waals surface area (Å²) < 4.78 is 0. The summed E-state index contributed by atoms with van der Waals surface area (Å²) in [5.74, 6) is 0. The smallest absolute Gasteiger partial charge is 0.242 e. The molecular weight excluding hydrogens is 246 g/mol. The molecule has 0 amide bonds. The van der Waals surface area contributed by atoms with Crippen LogP contribution in [0.5, 0.6) is 0 Å². The molecule has 1 saturated heterocycles. The van der Waals surface area contributed by atoms with Crippen molar-refractivity contribution in [3.8, 4) is 0 Å². The van der Waals surface area contributed by atoms with Crippen LogP contribution in [-0.4, -0.2) is 10.2 Å². The second-order valence-electron chi connectivity index (χ2n) is 4.58. The van der Waals surface area contributed by atoms with Crippen LogP contribution in [0.4, 0.5) is 0 Å². The number of nitrogens with one attached hydrogen (secondary N) is 1. The van der Waals surface area contributed by atoms with Gasteiger partial charge in [-0.1, -0.05) is 29.8 Å². The summed E-state index contributed by atoms with van der Waals surface area (Å²) in [7, 11) is 0. The lowest BCUT2D eigenvalue weighted by Gasteiger charge is -2.25. The van der Waals surface area contributed by atoms with Crippen LogP contribution >= 0.6 is 11.8 Å². The number of carbonyl (C=O) groups excluding carboxylic acids is 2. The van der Waals surface area contributed by atoms with Crippen molar-refractivity contribution in [2.24, 2.45) is 0 Å². The van der Waals surface area contributed by atoms with Gasteiger partial charge in [-0.15, -0.1) is 0 Å². The largest absolute Gasteiger partial charge is 0.367 e. The van der Waals surface area contributed by atoms with Crippen molar-refractivity contribution in [1.29, 1.82) is 0 Å². The number of allylic oxidation sites excluding steroid dienone is 1. The van der Waals surface area contributed by atoms with Gasteiger partial charge in [0.1, 0.15) is 6.04 Å². The molecule has 0 aliphatic carbocycles. The van der Waals surface area contributed by atoms with E-state index in [1.807, 2.05) is 45.0 Å². The van der Waals surface area contributed by atoms with E-state index in [2.05, 4.69) is 5.32 Å². The van der Waals surface area contributed by atoms with Gasteiger partial charge < -0.3 is 5.32 Å². The first-order chi connectivity index (χ1) is 8.49. The van der Waals surface area contributed by atoms with Crippen LogP contribution in [0.25, 0.3) is 0 Å². The van der Waals surface area contributed by atoms with E-state index < -0.39 is 6.04 Å². The Labute approximate surface area is 111 Å². The van der Waals surface area contributed by atoms with E-state index in [-0.39, 0.29) is 10.2 Å². The fourth-order valence-electron chi connectivity index (χ4n) is 1.88. The summed E-state index contributed by atoms with van der Waals surface area (Å²) in [5, 5.41) is 2.72. The molecule has 4 heteroatoms. The summed E-state index contributed by atoms with van der Waals surface area (Å²) in [6, 6.07) is 7.34. The molecule has 2 rings (SSSR count). The zero-order valence-corrected chi connectivity index (χ0v) is 11.4. The minimum atomic E-state index is -0.433. The van der Waals surface area contributed by atoms with Gasteiger partial charge >= 0.3 is 0 Å². The highest BCUT2D eigenvalue weighted by Crippen LogP contribution is 2.30. The average molecular weight is 261 g/mol. The van der Waals surface area contributed by atoms with Crippen LogP contribution in [0.3, 0.4) is 0 Å². The van der Waals surface area contributed by atoms with Crippen molar-refractivity contribution in [1.82, 2.24) is 5.32 Å². The molecule has 1 atom stereocenters. The normalized spacial score (nSPS) is 19.7. The third-order valence-corrected chi connectivity index (χ3v) is 3.62. The van der Waals surface area contributed by atoms with E-state index in [1.165, 1.54) is 0 Å². The minimum absolute atomic E-state index is 0.143. The Morgan fingerprint density at radius 3 is 2.61 bits per heavy atom. The second kappa shape index (κ2) is 4.98. The predicted molar refractivity (Wildman–Crippen MR) is 73.0 cm³/mol.